The van der Waals surface area contributed by atoms with E-state index in [1.165, 1.54) is 6.07 Å². The van der Waals surface area contributed by atoms with Crippen molar-refractivity contribution in [1.29, 1.82) is 0 Å². The first-order chi connectivity index (χ1) is 10.2. The van der Waals surface area contributed by atoms with Gasteiger partial charge in [0.25, 0.3) is 0 Å². The second-order valence-corrected chi connectivity index (χ2v) is 4.15. The first-order valence-electron chi connectivity index (χ1n) is 6.19. The second kappa shape index (κ2) is 7.14. The molecular weight excluding hydrogens is 274 g/mol. The number of rotatable bonds is 6. The van der Waals surface area contributed by atoms with Crippen LogP contribution in [0.1, 0.15) is 17.1 Å². The highest BCUT2D eigenvalue weighted by atomic mass is 16.5. The summed E-state index contributed by atoms with van der Waals surface area (Å²) in [5.74, 6) is 0.154. The summed E-state index contributed by atoms with van der Waals surface area (Å²) in [6, 6.07) is 10.5. The fourth-order valence-corrected chi connectivity index (χ4v) is 1.75. The third kappa shape index (κ3) is 3.85. The van der Waals surface area contributed by atoms with E-state index in [2.05, 4.69) is 10.0 Å². The average Bonchev–Trinajstić information content (AvgIpc) is 2.52. The summed E-state index contributed by atoms with van der Waals surface area (Å²) in [5.41, 5.74) is 8.71. The van der Waals surface area contributed by atoms with Crippen LogP contribution in [0.5, 0.6) is 5.75 Å². The molecule has 0 saturated carbocycles. The molecule has 0 aliphatic carbocycles. The van der Waals surface area contributed by atoms with Crippen molar-refractivity contribution in [2.75, 3.05) is 0 Å². The molecule has 1 aromatic carbocycles. The summed E-state index contributed by atoms with van der Waals surface area (Å²) in [5, 5.41) is 12.6. The van der Waals surface area contributed by atoms with Gasteiger partial charge in [-0.2, -0.15) is 0 Å². The van der Waals surface area contributed by atoms with E-state index in [1.54, 1.807) is 0 Å². The van der Waals surface area contributed by atoms with Crippen molar-refractivity contribution >= 4 is 0 Å². The van der Waals surface area contributed by atoms with E-state index in [4.69, 9.17) is 14.7 Å². The predicted molar refractivity (Wildman–Crippen MR) is 74.5 cm³/mol. The van der Waals surface area contributed by atoms with E-state index in [0.717, 1.165) is 5.56 Å². The molecule has 7 heteroatoms. The van der Waals surface area contributed by atoms with Gasteiger partial charge in [0.05, 0.1) is 6.54 Å². The van der Waals surface area contributed by atoms with Crippen molar-refractivity contribution in [3.05, 3.63) is 74.1 Å². The fourth-order valence-electron chi connectivity index (χ4n) is 1.75. The summed E-state index contributed by atoms with van der Waals surface area (Å²) in [6.07, 6.45) is 0. The molecule has 0 aliphatic heterocycles. The van der Waals surface area contributed by atoms with Crippen LogP contribution in [0, 0.1) is 0 Å². The summed E-state index contributed by atoms with van der Waals surface area (Å²) in [4.78, 5) is 14.6. The Labute approximate surface area is 120 Å². The number of ether oxygens (including phenoxy) is 1. The molecule has 1 heterocycles. The molecule has 21 heavy (non-hydrogen) atoms. The lowest BCUT2D eigenvalue weighted by Crippen LogP contribution is -2.11. The molecule has 0 aliphatic rings. The van der Waals surface area contributed by atoms with Gasteiger partial charge in [0, 0.05) is 11.0 Å². The molecule has 2 aromatic rings. The zero-order valence-electron chi connectivity index (χ0n) is 11.1. The van der Waals surface area contributed by atoms with Crippen LogP contribution in [0.2, 0.25) is 0 Å². The summed E-state index contributed by atoms with van der Waals surface area (Å²) in [7, 11) is 0. The third-order valence-corrected chi connectivity index (χ3v) is 2.68. The normalized spacial score (nSPS) is 9.95. The Morgan fingerprint density at radius 3 is 2.76 bits per heavy atom. The summed E-state index contributed by atoms with van der Waals surface area (Å²) >= 11 is 0. The Morgan fingerprint density at radius 1 is 1.33 bits per heavy atom. The van der Waals surface area contributed by atoms with Crippen LogP contribution >= 0.6 is 0 Å². The number of aliphatic hydroxyl groups is 1. The van der Waals surface area contributed by atoms with E-state index in [1.807, 2.05) is 30.3 Å². The first-order valence-corrected chi connectivity index (χ1v) is 6.19. The van der Waals surface area contributed by atoms with Crippen molar-refractivity contribution in [3.8, 4) is 5.75 Å². The van der Waals surface area contributed by atoms with Crippen LogP contribution in [-0.4, -0.2) is 5.11 Å². The zero-order valence-corrected chi connectivity index (χ0v) is 11.1. The molecule has 0 spiro atoms. The molecule has 0 fully saturated rings. The Balaban J connectivity index is 2.22. The van der Waals surface area contributed by atoms with Crippen LogP contribution in [-0.2, 0) is 19.8 Å². The number of nitrogens with zero attached hydrogens (tertiary/aromatic N) is 3. The maximum absolute atomic E-state index is 12.0. The fraction of sp³-hybridized carbons (Fsp3) is 0.214. The van der Waals surface area contributed by atoms with Gasteiger partial charge in [0.15, 0.2) is 5.76 Å². The first kappa shape index (κ1) is 14.6. The van der Waals surface area contributed by atoms with E-state index >= 15 is 0 Å². The highest BCUT2D eigenvalue weighted by molar-refractivity contribution is 5.27. The van der Waals surface area contributed by atoms with Crippen LogP contribution in [0.3, 0.4) is 0 Å². The van der Waals surface area contributed by atoms with E-state index in [9.17, 15) is 9.90 Å². The molecule has 0 saturated heterocycles. The molecule has 0 atom stereocenters. The van der Waals surface area contributed by atoms with Gasteiger partial charge in [0.2, 0.25) is 11.2 Å². The van der Waals surface area contributed by atoms with E-state index < -0.39 is 12.0 Å². The molecule has 0 unspecified atom stereocenters. The van der Waals surface area contributed by atoms with E-state index in [-0.39, 0.29) is 30.4 Å². The van der Waals surface area contributed by atoms with Crippen molar-refractivity contribution in [2.45, 2.75) is 19.8 Å². The lowest BCUT2D eigenvalue weighted by molar-refractivity contribution is 0.213. The predicted octanol–water partition coefficient (Wildman–Crippen LogP) is 2.52. The highest BCUT2D eigenvalue weighted by Crippen LogP contribution is 2.17. The largest absolute Gasteiger partial charge is 0.482 e. The molecule has 7 nitrogen and oxygen atoms in total. The van der Waals surface area contributed by atoms with Crippen LogP contribution in [0.15, 0.2) is 50.7 Å². The monoisotopic (exact) mass is 287 g/mol. The van der Waals surface area contributed by atoms with Gasteiger partial charge < -0.3 is 14.3 Å². The van der Waals surface area contributed by atoms with Gasteiger partial charge in [0.1, 0.15) is 19.0 Å². The number of hydrogen-bond acceptors (Lipinski definition) is 5. The molecule has 0 amide bonds. The van der Waals surface area contributed by atoms with E-state index in [0.29, 0.717) is 0 Å². The van der Waals surface area contributed by atoms with Gasteiger partial charge in [-0.05, 0) is 11.1 Å². The SMILES string of the molecule is [N-]=[N+]=NCc1cc(=O)c(OCc2ccccc2)c(CO)o1. The Bertz CT molecular complexity index is 706. The quantitative estimate of drug-likeness (QED) is 0.500. The molecular formula is C14H13N3O4. The average molecular weight is 287 g/mol. The van der Waals surface area contributed by atoms with Crippen LogP contribution in [0.4, 0.5) is 0 Å². The van der Waals surface area contributed by atoms with Crippen LogP contribution < -0.4 is 10.2 Å². The second-order valence-electron chi connectivity index (χ2n) is 4.15. The zero-order chi connectivity index (χ0) is 15.1. The standard InChI is InChI=1S/C14H13N3O4/c15-17-16-7-11-6-12(19)14(13(8-18)21-11)20-9-10-4-2-1-3-5-10/h1-6,18H,7-9H2. The summed E-state index contributed by atoms with van der Waals surface area (Å²) in [6.45, 7) is -0.393. The van der Waals surface area contributed by atoms with Crippen molar-refractivity contribution < 1.29 is 14.3 Å². The van der Waals surface area contributed by atoms with Crippen molar-refractivity contribution in [3.63, 3.8) is 0 Å². The molecule has 1 aromatic heterocycles. The van der Waals surface area contributed by atoms with Gasteiger partial charge in [-0.3, -0.25) is 4.79 Å². The molecule has 108 valence electrons. The minimum absolute atomic E-state index is 0.0153. The molecule has 0 radical (unpaired) electrons. The molecule has 1 N–H and O–H groups in total. The Morgan fingerprint density at radius 2 is 2.10 bits per heavy atom. The maximum Gasteiger partial charge on any atom is 0.227 e. The van der Waals surface area contributed by atoms with Crippen molar-refractivity contribution in [1.82, 2.24) is 0 Å². The Kier molecular flexibility index (Phi) is 4.98. The molecule has 0 bridgehead atoms. The minimum Gasteiger partial charge on any atom is -0.482 e. The van der Waals surface area contributed by atoms with Crippen LogP contribution in [0.25, 0.3) is 10.4 Å². The van der Waals surface area contributed by atoms with Gasteiger partial charge in [-0.15, -0.1) is 0 Å². The molecule has 2 rings (SSSR count). The topological polar surface area (TPSA) is 108 Å². The number of benzene rings is 1. The smallest absolute Gasteiger partial charge is 0.227 e. The third-order valence-electron chi connectivity index (χ3n) is 2.68. The minimum atomic E-state index is -0.483. The lowest BCUT2D eigenvalue weighted by Gasteiger charge is -2.09. The van der Waals surface area contributed by atoms with Gasteiger partial charge in [-0.1, -0.05) is 35.4 Å². The van der Waals surface area contributed by atoms with Crippen molar-refractivity contribution in [2.24, 2.45) is 5.11 Å². The number of aliphatic hydroxyl groups excluding tert-OH is 1. The Hall–Kier alpha value is -2.76. The number of hydrogen-bond donors (Lipinski definition) is 1. The van der Waals surface area contributed by atoms with Gasteiger partial charge >= 0.3 is 0 Å². The lowest BCUT2D eigenvalue weighted by atomic mass is 10.2. The maximum atomic E-state index is 12.0. The van der Waals surface area contributed by atoms with Gasteiger partial charge in [-0.25, -0.2) is 0 Å². The summed E-state index contributed by atoms with van der Waals surface area (Å²) < 4.78 is 10.7. The number of azide groups is 1. The highest BCUT2D eigenvalue weighted by Gasteiger charge is 2.13.